The van der Waals surface area contributed by atoms with Crippen LogP contribution in [-0.2, 0) is 23.9 Å². The fourth-order valence-electron chi connectivity index (χ4n) is 2.03. The van der Waals surface area contributed by atoms with Gasteiger partial charge in [-0.3, -0.25) is 9.59 Å². The molecule has 1 aliphatic heterocycles. The highest BCUT2D eigenvalue weighted by Crippen LogP contribution is 2.15. The molecule has 0 spiro atoms. The number of esters is 1. The van der Waals surface area contributed by atoms with E-state index in [-0.39, 0.29) is 11.9 Å². The molecule has 0 aromatic rings. The summed E-state index contributed by atoms with van der Waals surface area (Å²) in [5.41, 5.74) is -0.520. The number of carbonyl (C=O) groups excluding carboxylic acids is 3. The molecule has 0 aliphatic carbocycles. The molecule has 1 rings (SSSR count). The van der Waals surface area contributed by atoms with Crippen molar-refractivity contribution in [1.82, 2.24) is 10.2 Å². The lowest BCUT2D eigenvalue weighted by Gasteiger charge is -2.29. The largest absolute Gasteiger partial charge is 0.468 e. The van der Waals surface area contributed by atoms with Crippen molar-refractivity contribution < 1.29 is 23.9 Å². The summed E-state index contributed by atoms with van der Waals surface area (Å²) in [4.78, 5) is 32.9. The van der Waals surface area contributed by atoms with E-state index in [1.54, 1.807) is 14.0 Å². The summed E-state index contributed by atoms with van der Waals surface area (Å²) in [7, 11) is 1.58. The molecular formula is C20H42N2O5. The van der Waals surface area contributed by atoms with E-state index in [1.165, 1.54) is 30.8 Å². The Morgan fingerprint density at radius 3 is 1.81 bits per heavy atom. The van der Waals surface area contributed by atoms with Crippen molar-refractivity contribution in [2.45, 2.75) is 79.9 Å². The predicted molar refractivity (Wildman–Crippen MR) is 109 cm³/mol. The quantitative estimate of drug-likeness (QED) is 0.554. The van der Waals surface area contributed by atoms with Crippen molar-refractivity contribution in [3.63, 3.8) is 0 Å². The van der Waals surface area contributed by atoms with Crippen LogP contribution in [0.5, 0.6) is 0 Å². The highest BCUT2D eigenvalue weighted by atomic mass is 16.6. The second-order valence-corrected chi connectivity index (χ2v) is 7.00. The monoisotopic (exact) mass is 390 g/mol. The van der Waals surface area contributed by atoms with E-state index in [0.717, 1.165) is 0 Å². The van der Waals surface area contributed by atoms with Crippen molar-refractivity contribution >= 4 is 18.9 Å². The van der Waals surface area contributed by atoms with E-state index in [4.69, 9.17) is 4.74 Å². The fraction of sp³-hybridized carbons (Fsp3) is 0.850. The van der Waals surface area contributed by atoms with Crippen LogP contribution in [-0.4, -0.2) is 62.1 Å². The molecule has 0 radical (unpaired) electrons. The van der Waals surface area contributed by atoms with Gasteiger partial charge in [-0.2, -0.15) is 0 Å². The first-order valence-corrected chi connectivity index (χ1v) is 9.76. The molecule has 1 heterocycles. The van der Waals surface area contributed by atoms with E-state index < -0.39 is 11.6 Å². The number of ether oxygens (including phenoxy) is 2. The molecule has 1 N–H and O–H groups in total. The molecule has 0 aromatic carbocycles. The van der Waals surface area contributed by atoms with Gasteiger partial charge in [0, 0.05) is 7.05 Å². The van der Waals surface area contributed by atoms with Crippen LogP contribution in [0.1, 0.15) is 68.2 Å². The molecule has 1 saturated heterocycles. The van der Waals surface area contributed by atoms with Gasteiger partial charge in [-0.1, -0.05) is 27.7 Å². The third-order valence-corrected chi connectivity index (χ3v) is 3.08. The van der Waals surface area contributed by atoms with Gasteiger partial charge in [-0.15, -0.1) is 0 Å². The Kier molecular flexibility index (Phi) is 21.3. The molecule has 1 atom stereocenters. The molecule has 162 valence electrons. The van der Waals surface area contributed by atoms with Crippen molar-refractivity contribution in [3.8, 4) is 0 Å². The first-order valence-electron chi connectivity index (χ1n) is 9.76. The number of hydrogen-bond acceptors (Lipinski definition) is 6. The Bertz CT molecular complexity index is 356. The van der Waals surface area contributed by atoms with Gasteiger partial charge in [0.05, 0.1) is 6.61 Å². The SMILES string of the molecule is C1CCNC1.CC.CC(C)C(C(=O)OC(C)(C)C)N(C)C=O.CCOC=O. The normalized spacial score (nSPS) is 13.4. The molecule has 7 nitrogen and oxygen atoms in total. The number of nitrogens with one attached hydrogen (secondary N) is 1. The standard InChI is InChI=1S/C11H21NO3.C4H9N.C3H6O2.C2H6/c1-8(2)9(12(6)7-13)10(14)15-11(3,4)5;1-2-4-5-3-1;1-2-5-3-4;1-2/h7-9H,1-6H3;5H,1-4H2;3H,2H2,1H3;1-2H3. The molecule has 1 aliphatic rings. The van der Waals surface area contributed by atoms with E-state index in [0.29, 0.717) is 19.5 Å². The van der Waals surface area contributed by atoms with Gasteiger partial charge in [0.15, 0.2) is 0 Å². The first kappa shape index (κ1) is 30.1. The van der Waals surface area contributed by atoms with E-state index in [1.807, 2.05) is 48.5 Å². The van der Waals surface area contributed by atoms with Gasteiger partial charge >= 0.3 is 5.97 Å². The number of likely N-dealkylation sites (N-methyl/N-ethyl adjacent to an activating group) is 1. The lowest BCUT2D eigenvalue weighted by Crippen LogP contribution is -2.45. The van der Waals surface area contributed by atoms with E-state index in [9.17, 15) is 14.4 Å². The predicted octanol–water partition coefficient (Wildman–Crippen LogP) is 3.02. The van der Waals surface area contributed by atoms with Crippen LogP contribution in [0.15, 0.2) is 0 Å². The molecule has 0 aromatic heterocycles. The Balaban J connectivity index is -0.000000388. The summed E-state index contributed by atoms with van der Waals surface area (Å²) >= 11 is 0. The lowest BCUT2D eigenvalue weighted by atomic mass is 10.0. The van der Waals surface area contributed by atoms with Crippen LogP contribution in [0.2, 0.25) is 0 Å². The Hall–Kier alpha value is -1.63. The fourth-order valence-corrected chi connectivity index (χ4v) is 2.03. The maximum absolute atomic E-state index is 11.8. The molecular weight excluding hydrogens is 348 g/mol. The third-order valence-electron chi connectivity index (χ3n) is 3.08. The van der Waals surface area contributed by atoms with Gasteiger partial charge in [-0.05, 0) is 59.5 Å². The van der Waals surface area contributed by atoms with Crippen molar-refractivity contribution in [1.29, 1.82) is 0 Å². The van der Waals surface area contributed by atoms with Crippen molar-refractivity contribution in [2.24, 2.45) is 5.92 Å². The Morgan fingerprint density at radius 1 is 1.15 bits per heavy atom. The molecule has 27 heavy (non-hydrogen) atoms. The number of nitrogens with zero attached hydrogens (tertiary/aromatic N) is 1. The van der Waals surface area contributed by atoms with Gasteiger partial charge in [0.2, 0.25) is 6.41 Å². The summed E-state index contributed by atoms with van der Waals surface area (Å²) in [5.74, 6) is -0.317. The number of carbonyl (C=O) groups is 3. The summed E-state index contributed by atoms with van der Waals surface area (Å²) in [5, 5.41) is 3.22. The minimum atomic E-state index is -0.520. The van der Waals surface area contributed by atoms with Crippen LogP contribution < -0.4 is 5.32 Å². The number of amides is 1. The topological polar surface area (TPSA) is 84.9 Å². The summed E-state index contributed by atoms with van der Waals surface area (Å²) in [6, 6.07) is -0.512. The summed E-state index contributed by atoms with van der Waals surface area (Å²) < 4.78 is 9.40. The summed E-state index contributed by atoms with van der Waals surface area (Å²) in [6.07, 6.45) is 3.43. The van der Waals surface area contributed by atoms with Crippen LogP contribution in [0, 0.1) is 5.92 Å². The van der Waals surface area contributed by atoms with Crippen molar-refractivity contribution in [3.05, 3.63) is 0 Å². The molecule has 7 heteroatoms. The van der Waals surface area contributed by atoms with E-state index >= 15 is 0 Å². The van der Waals surface area contributed by atoms with Crippen molar-refractivity contribution in [2.75, 3.05) is 26.7 Å². The average Bonchev–Trinajstić information content (AvgIpc) is 3.15. The molecule has 1 fully saturated rings. The molecule has 0 saturated carbocycles. The molecule has 1 unspecified atom stereocenters. The van der Waals surface area contributed by atoms with Gasteiger partial charge in [0.1, 0.15) is 11.6 Å². The minimum Gasteiger partial charge on any atom is -0.468 e. The second-order valence-electron chi connectivity index (χ2n) is 7.00. The highest BCUT2D eigenvalue weighted by Gasteiger charge is 2.30. The smallest absolute Gasteiger partial charge is 0.329 e. The van der Waals surface area contributed by atoms with Crippen LogP contribution in [0.4, 0.5) is 0 Å². The van der Waals surface area contributed by atoms with Gasteiger partial charge in [-0.25, -0.2) is 4.79 Å². The zero-order valence-corrected chi connectivity index (χ0v) is 18.8. The Labute approximate surface area is 166 Å². The average molecular weight is 391 g/mol. The molecule has 0 bridgehead atoms. The highest BCUT2D eigenvalue weighted by molar-refractivity contribution is 5.78. The van der Waals surface area contributed by atoms with Crippen LogP contribution in [0.25, 0.3) is 0 Å². The maximum atomic E-state index is 11.8. The Morgan fingerprint density at radius 2 is 1.63 bits per heavy atom. The zero-order valence-electron chi connectivity index (χ0n) is 18.8. The minimum absolute atomic E-state index is 0.0371. The van der Waals surface area contributed by atoms with Crippen LogP contribution >= 0.6 is 0 Å². The number of hydrogen-bond donors (Lipinski definition) is 1. The van der Waals surface area contributed by atoms with E-state index in [2.05, 4.69) is 10.1 Å². The van der Waals surface area contributed by atoms with Gasteiger partial charge < -0.3 is 19.7 Å². The number of rotatable bonds is 6. The van der Waals surface area contributed by atoms with Gasteiger partial charge in [0.25, 0.3) is 6.47 Å². The summed E-state index contributed by atoms with van der Waals surface area (Å²) in [6.45, 7) is 18.4. The third kappa shape index (κ3) is 20.5. The first-order chi connectivity index (χ1) is 12.6. The second kappa shape index (κ2) is 19.1. The lowest BCUT2D eigenvalue weighted by molar-refractivity contribution is -0.164. The molecule has 1 amide bonds. The maximum Gasteiger partial charge on any atom is 0.329 e. The zero-order chi connectivity index (χ0) is 21.9. The van der Waals surface area contributed by atoms with Crippen LogP contribution in [0.3, 0.4) is 0 Å².